The third-order valence-electron chi connectivity index (χ3n) is 3.63. The molecule has 0 aromatic heterocycles. The van der Waals surface area contributed by atoms with Gasteiger partial charge in [-0.05, 0) is 19.3 Å². The molecule has 106 valence electrons. The maximum absolute atomic E-state index is 12.3. The molecule has 2 amide bonds. The second-order valence-corrected chi connectivity index (χ2v) is 5.33. The third-order valence-corrected chi connectivity index (χ3v) is 3.63. The molecule has 1 heterocycles. The highest BCUT2D eigenvalue weighted by Gasteiger charge is 2.42. The highest BCUT2D eigenvalue weighted by molar-refractivity contribution is 5.90. The van der Waals surface area contributed by atoms with Crippen LogP contribution in [-0.2, 0) is 14.4 Å². The Labute approximate surface area is 112 Å². The molecule has 6 heteroatoms. The summed E-state index contributed by atoms with van der Waals surface area (Å²) < 4.78 is 0. The third kappa shape index (κ3) is 3.24. The van der Waals surface area contributed by atoms with Crippen LogP contribution in [0.1, 0.15) is 32.6 Å². The number of nitrogens with zero attached hydrogens (tertiary/aromatic N) is 2. The number of carbonyl (C=O) groups is 3. The van der Waals surface area contributed by atoms with Crippen LogP contribution in [0.4, 0.5) is 0 Å². The van der Waals surface area contributed by atoms with E-state index in [1.165, 1.54) is 4.90 Å². The largest absolute Gasteiger partial charge is 0.480 e. The van der Waals surface area contributed by atoms with Crippen LogP contribution in [0.3, 0.4) is 0 Å². The monoisotopic (exact) mass is 268 g/mol. The Morgan fingerprint density at radius 1 is 1.42 bits per heavy atom. The zero-order valence-corrected chi connectivity index (χ0v) is 11.2. The van der Waals surface area contributed by atoms with Crippen LogP contribution in [-0.4, -0.2) is 58.4 Å². The number of carbonyl (C=O) groups excluding carboxylic acids is 2. The predicted octanol–water partition coefficient (Wildman–Crippen LogP) is 0.320. The van der Waals surface area contributed by atoms with Gasteiger partial charge in [0.15, 0.2) is 0 Å². The molecule has 1 aliphatic carbocycles. The molecule has 0 aromatic carbocycles. The van der Waals surface area contributed by atoms with Crippen molar-refractivity contribution < 1.29 is 19.5 Å². The summed E-state index contributed by atoms with van der Waals surface area (Å²) in [6.07, 6.45) is 3.00. The zero-order valence-electron chi connectivity index (χ0n) is 11.2. The van der Waals surface area contributed by atoms with Crippen LogP contribution in [0.15, 0.2) is 0 Å². The van der Waals surface area contributed by atoms with E-state index in [9.17, 15) is 14.4 Å². The summed E-state index contributed by atoms with van der Waals surface area (Å²) in [7, 11) is 0. The van der Waals surface area contributed by atoms with E-state index < -0.39 is 5.97 Å². The first-order valence-corrected chi connectivity index (χ1v) is 6.83. The Balaban J connectivity index is 1.97. The fourth-order valence-electron chi connectivity index (χ4n) is 2.59. The van der Waals surface area contributed by atoms with E-state index in [1.54, 1.807) is 4.90 Å². The van der Waals surface area contributed by atoms with Crippen molar-refractivity contribution in [2.45, 2.75) is 38.6 Å². The number of amides is 2. The molecule has 2 aliphatic rings. The predicted molar refractivity (Wildman–Crippen MR) is 67.3 cm³/mol. The minimum Gasteiger partial charge on any atom is -0.480 e. The van der Waals surface area contributed by atoms with E-state index >= 15 is 0 Å². The average Bonchev–Trinajstić information content (AvgIpc) is 3.11. The van der Waals surface area contributed by atoms with Gasteiger partial charge in [0.05, 0.1) is 5.92 Å². The van der Waals surface area contributed by atoms with Crippen molar-refractivity contribution >= 4 is 17.8 Å². The molecule has 1 saturated heterocycles. The molecule has 1 N–H and O–H groups in total. The lowest BCUT2D eigenvalue weighted by atomic mass is 10.1. The number of hydrogen-bond donors (Lipinski definition) is 1. The minimum atomic E-state index is -1.01. The summed E-state index contributed by atoms with van der Waals surface area (Å²) in [6, 6.07) is 0.324. The van der Waals surface area contributed by atoms with Crippen LogP contribution in [0.2, 0.25) is 0 Å². The van der Waals surface area contributed by atoms with Gasteiger partial charge in [-0.15, -0.1) is 0 Å². The van der Waals surface area contributed by atoms with E-state index in [1.807, 2.05) is 6.92 Å². The van der Waals surface area contributed by atoms with Crippen molar-refractivity contribution in [2.24, 2.45) is 5.92 Å². The zero-order chi connectivity index (χ0) is 14.0. The number of likely N-dealkylation sites (tertiary alicyclic amines) is 1. The van der Waals surface area contributed by atoms with Crippen molar-refractivity contribution in [2.75, 3.05) is 19.6 Å². The molecule has 0 aromatic rings. The molecule has 2 rings (SSSR count). The van der Waals surface area contributed by atoms with Crippen molar-refractivity contribution in [1.82, 2.24) is 9.80 Å². The van der Waals surface area contributed by atoms with Crippen molar-refractivity contribution in [3.8, 4) is 0 Å². The second-order valence-electron chi connectivity index (χ2n) is 5.33. The van der Waals surface area contributed by atoms with Crippen LogP contribution in [0.25, 0.3) is 0 Å². The van der Waals surface area contributed by atoms with Crippen molar-refractivity contribution in [1.29, 1.82) is 0 Å². The van der Waals surface area contributed by atoms with Crippen LogP contribution in [0.5, 0.6) is 0 Å². The molecule has 0 spiro atoms. The maximum Gasteiger partial charge on any atom is 0.323 e. The van der Waals surface area contributed by atoms with Gasteiger partial charge < -0.3 is 14.9 Å². The molecule has 0 bridgehead atoms. The van der Waals surface area contributed by atoms with Gasteiger partial charge in [0.1, 0.15) is 6.54 Å². The molecule has 1 atom stereocenters. The van der Waals surface area contributed by atoms with E-state index in [0.29, 0.717) is 25.6 Å². The Kier molecular flexibility index (Phi) is 4.07. The second kappa shape index (κ2) is 5.59. The fourth-order valence-corrected chi connectivity index (χ4v) is 2.59. The normalized spacial score (nSPS) is 22.7. The number of aliphatic carboxylic acids is 1. The van der Waals surface area contributed by atoms with Gasteiger partial charge in [-0.2, -0.15) is 0 Å². The van der Waals surface area contributed by atoms with Crippen molar-refractivity contribution in [3.63, 3.8) is 0 Å². The number of hydrogen-bond acceptors (Lipinski definition) is 3. The molecule has 19 heavy (non-hydrogen) atoms. The standard InChI is InChI=1S/C13H20N2O4/c1-2-5-14(8-12(17)18)13(19)9-6-11(16)15(7-9)10-3-4-10/h9-10H,2-8H2,1H3,(H,17,18). The maximum atomic E-state index is 12.3. The number of carboxylic acid groups (broad SMARTS) is 1. The lowest BCUT2D eigenvalue weighted by molar-refractivity contribution is -0.146. The highest BCUT2D eigenvalue weighted by atomic mass is 16.4. The lowest BCUT2D eigenvalue weighted by Crippen LogP contribution is -2.41. The smallest absolute Gasteiger partial charge is 0.323 e. The first-order valence-electron chi connectivity index (χ1n) is 6.83. The quantitative estimate of drug-likeness (QED) is 0.752. The van der Waals surface area contributed by atoms with E-state index in [-0.39, 0.29) is 30.7 Å². The van der Waals surface area contributed by atoms with Gasteiger partial charge in [-0.25, -0.2) is 0 Å². The summed E-state index contributed by atoms with van der Waals surface area (Å²) in [4.78, 5) is 38.0. The Morgan fingerprint density at radius 3 is 2.63 bits per heavy atom. The van der Waals surface area contributed by atoms with Crippen LogP contribution >= 0.6 is 0 Å². The SMILES string of the molecule is CCCN(CC(=O)O)C(=O)C1CC(=O)N(C2CC2)C1. The Morgan fingerprint density at radius 2 is 2.11 bits per heavy atom. The van der Waals surface area contributed by atoms with E-state index in [2.05, 4.69) is 0 Å². The molecule has 1 aliphatic heterocycles. The first kappa shape index (κ1) is 13.8. The summed E-state index contributed by atoms with van der Waals surface area (Å²) in [5.41, 5.74) is 0. The molecule has 6 nitrogen and oxygen atoms in total. The lowest BCUT2D eigenvalue weighted by Gasteiger charge is -2.23. The molecule has 1 unspecified atom stereocenters. The Bertz CT molecular complexity index is 392. The molecular formula is C13H20N2O4. The highest BCUT2D eigenvalue weighted by Crippen LogP contribution is 2.33. The summed E-state index contributed by atoms with van der Waals surface area (Å²) in [5.74, 6) is -1.53. The molecule has 1 saturated carbocycles. The van der Waals surface area contributed by atoms with E-state index in [4.69, 9.17) is 5.11 Å². The topological polar surface area (TPSA) is 77.9 Å². The van der Waals surface area contributed by atoms with Crippen LogP contribution < -0.4 is 0 Å². The van der Waals surface area contributed by atoms with Gasteiger partial charge >= 0.3 is 5.97 Å². The van der Waals surface area contributed by atoms with Gasteiger partial charge in [0, 0.05) is 25.6 Å². The first-order chi connectivity index (χ1) is 9.02. The molecule has 2 fully saturated rings. The summed E-state index contributed by atoms with van der Waals surface area (Å²) in [5, 5.41) is 8.83. The van der Waals surface area contributed by atoms with E-state index in [0.717, 1.165) is 12.8 Å². The number of carboxylic acids is 1. The number of rotatable bonds is 6. The molecule has 0 radical (unpaired) electrons. The van der Waals surface area contributed by atoms with Crippen LogP contribution in [0, 0.1) is 5.92 Å². The van der Waals surface area contributed by atoms with Gasteiger partial charge in [-0.3, -0.25) is 14.4 Å². The minimum absolute atomic E-state index is 0.0348. The summed E-state index contributed by atoms with van der Waals surface area (Å²) >= 11 is 0. The average molecular weight is 268 g/mol. The Hall–Kier alpha value is -1.59. The van der Waals surface area contributed by atoms with Crippen molar-refractivity contribution in [3.05, 3.63) is 0 Å². The summed E-state index contributed by atoms with van der Waals surface area (Å²) in [6.45, 7) is 2.51. The van der Waals surface area contributed by atoms with Gasteiger partial charge in [0.2, 0.25) is 11.8 Å². The van der Waals surface area contributed by atoms with Gasteiger partial charge in [-0.1, -0.05) is 6.92 Å². The van der Waals surface area contributed by atoms with Gasteiger partial charge in [0.25, 0.3) is 0 Å². The molecular weight excluding hydrogens is 248 g/mol. The fraction of sp³-hybridized carbons (Fsp3) is 0.769.